The molecule has 1 fully saturated rings. The molecule has 0 amide bonds. The van der Waals surface area contributed by atoms with Crippen molar-refractivity contribution in [1.82, 2.24) is 0 Å². The van der Waals surface area contributed by atoms with Crippen LogP contribution in [0.5, 0.6) is 11.5 Å². The molecular formula is C14H21NO2S. The highest BCUT2D eigenvalue weighted by Gasteiger charge is 2.14. The van der Waals surface area contributed by atoms with Crippen LogP contribution in [0, 0.1) is 0 Å². The van der Waals surface area contributed by atoms with E-state index in [0.29, 0.717) is 12.6 Å². The Morgan fingerprint density at radius 3 is 2.72 bits per heavy atom. The SMILES string of the molecule is CCOc1ccc(NC2CCSCC2)cc1OC. The summed E-state index contributed by atoms with van der Waals surface area (Å²) in [4.78, 5) is 0. The summed E-state index contributed by atoms with van der Waals surface area (Å²) in [6.45, 7) is 2.63. The maximum atomic E-state index is 5.52. The molecular weight excluding hydrogens is 246 g/mol. The van der Waals surface area contributed by atoms with Gasteiger partial charge in [-0.25, -0.2) is 0 Å². The van der Waals surface area contributed by atoms with E-state index in [4.69, 9.17) is 9.47 Å². The number of methoxy groups -OCH3 is 1. The lowest BCUT2D eigenvalue weighted by molar-refractivity contribution is 0.311. The Morgan fingerprint density at radius 1 is 1.28 bits per heavy atom. The van der Waals surface area contributed by atoms with Crippen molar-refractivity contribution in [2.75, 3.05) is 30.5 Å². The smallest absolute Gasteiger partial charge is 0.162 e. The summed E-state index contributed by atoms with van der Waals surface area (Å²) in [6.07, 6.45) is 2.47. The highest BCUT2D eigenvalue weighted by molar-refractivity contribution is 7.99. The Kier molecular flexibility index (Phi) is 5.05. The number of nitrogens with one attached hydrogen (secondary N) is 1. The van der Waals surface area contributed by atoms with Crippen molar-refractivity contribution in [3.8, 4) is 11.5 Å². The van der Waals surface area contributed by atoms with E-state index < -0.39 is 0 Å². The first kappa shape index (κ1) is 13.4. The van der Waals surface area contributed by atoms with Crippen LogP contribution in [0.25, 0.3) is 0 Å². The van der Waals surface area contributed by atoms with Crippen LogP contribution in [-0.2, 0) is 0 Å². The highest BCUT2D eigenvalue weighted by Crippen LogP contribution is 2.31. The maximum Gasteiger partial charge on any atom is 0.162 e. The Labute approximate surface area is 113 Å². The number of hydrogen-bond acceptors (Lipinski definition) is 4. The van der Waals surface area contributed by atoms with Crippen molar-refractivity contribution in [1.29, 1.82) is 0 Å². The second kappa shape index (κ2) is 6.78. The van der Waals surface area contributed by atoms with Gasteiger partial charge in [-0.05, 0) is 43.4 Å². The zero-order valence-corrected chi connectivity index (χ0v) is 11.9. The average Bonchev–Trinajstić information content (AvgIpc) is 2.42. The van der Waals surface area contributed by atoms with Crippen LogP contribution in [0.1, 0.15) is 19.8 Å². The molecule has 4 heteroatoms. The molecule has 0 aliphatic carbocycles. The van der Waals surface area contributed by atoms with Crippen LogP contribution in [0.3, 0.4) is 0 Å². The number of rotatable bonds is 5. The van der Waals surface area contributed by atoms with Gasteiger partial charge in [-0.1, -0.05) is 0 Å². The predicted molar refractivity (Wildman–Crippen MR) is 78.1 cm³/mol. The first-order valence-corrected chi connectivity index (χ1v) is 7.64. The summed E-state index contributed by atoms with van der Waals surface area (Å²) >= 11 is 2.04. The Morgan fingerprint density at radius 2 is 2.06 bits per heavy atom. The molecule has 100 valence electrons. The largest absolute Gasteiger partial charge is 0.493 e. The molecule has 0 unspecified atom stereocenters. The third-order valence-corrected chi connectivity index (χ3v) is 4.10. The molecule has 0 bridgehead atoms. The monoisotopic (exact) mass is 267 g/mol. The van der Waals surface area contributed by atoms with Gasteiger partial charge < -0.3 is 14.8 Å². The van der Waals surface area contributed by atoms with Crippen molar-refractivity contribution in [3.63, 3.8) is 0 Å². The van der Waals surface area contributed by atoms with E-state index in [1.807, 2.05) is 30.8 Å². The molecule has 0 spiro atoms. The third kappa shape index (κ3) is 3.48. The van der Waals surface area contributed by atoms with Gasteiger partial charge in [-0.15, -0.1) is 0 Å². The number of hydrogen-bond donors (Lipinski definition) is 1. The molecule has 1 aliphatic rings. The number of anilines is 1. The van der Waals surface area contributed by atoms with Crippen LogP contribution >= 0.6 is 11.8 Å². The van der Waals surface area contributed by atoms with Crippen LogP contribution < -0.4 is 14.8 Å². The van der Waals surface area contributed by atoms with E-state index in [1.165, 1.54) is 24.3 Å². The standard InChI is InChI=1S/C14H21NO2S/c1-3-17-13-5-4-12(10-14(13)16-2)15-11-6-8-18-9-7-11/h4-5,10-11,15H,3,6-9H2,1-2H3. The Hall–Kier alpha value is -1.03. The van der Waals surface area contributed by atoms with Crippen molar-refractivity contribution in [2.45, 2.75) is 25.8 Å². The lowest BCUT2D eigenvalue weighted by atomic mass is 10.1. The number of benzene rings is 1. The summed E-state index contributed by atoms with van der Waals surface area (Å²) in [5, 5.41) is 3.58. The van der Waals surface area contributed by atoms with Crippen molar-refractivity contribution in [2.24, 2.45) is 0 Å². The second-order valence-electron chi connectivity index (χ2n) is 4.33. The first-order chi connectivity index (χ1) is 8.83. The maximum absolute atomic E-state index is 5.52. The van der Waals surface area contributed by atoms with Gasteiger partial charge in [0.25, 0.3) is 0 Å². The van der Waals surface area contributed by atoms with Gasteiger partial charge in [0.15, 0.2) is 11.5 Å². The molecule has 1 saturated heterocycles. The van der Waals surface area contributed by atoms with Crippen LogP contribution in [0.15, 0.2) is 18.2 Å². The normalized spacial score (nSPS) is 16.3. The molecule has 0 saturated carbocycles. The van der Waals surface area contributed by atoms with Crippen LogP contribution in [0.2, 0.25) is 0 Å². The number of ether oxygens (including phenoxy) is 2. The summed E-state index contributed by atoms with van der Waals surface area (Å²) in [5.74, 6) is 4.12. The summed E-state index contributed by atoms with van der Waals surface area (Å²) in [6, 6.07) is 6.65. The first-order valence-electron chi connectivity index (χ1n) is 6.48. The molecule has 1 heterocycles. The lowest BCUT2D eigenvalue weighted by Gasteiger charge is -2.24. The van der Waals surface area contributed by atoms with E-state index in [0.717, 1.165) is 17.2 Å². The van der Waals surface area contributed by atoms with E-state index in [-0.39, 0.29) is 0 Å². The zero-order valence-electron chi connectivity index (χ0n) is 11.1. The van der Waals surface area contributed by atoms with Crippen LogP contribution in [0.4, 0.5) is 5.69 Å². The van der Waals surface area contributed by atoms with Gasteiger partial charge in [0.2, 0.25) is 0 Å². The van der Waals surface area contributed by atoms with Gasteiger partial charge in [0.1, 0.15) is 0 Å². The van der Waals surface area contributed by atoms with E-state index in [2.05, 4.69) is 11.4 Å². The minimum absolute atomic E-state index is 0.592. The summed E-state index contributed by atoms with van der Waals surface area (Å²) < 4.78 is 10.9. The molecule has 3 nitrogen and oxygen atoms in total. The van der Waals surface area contributed by atoms with Gasteiger partial charge in [0.05, 0.1) is 13.7 Å². The Bertz CT molecular complexity index is 378. The molecule has 0 aromatic heterocycles. The molecule has 18 heavy (non-hydrogen) atoms. The molecule has 1 aromatic carbocycles. The van der Waals surface area contributed by atoms with Gasteiger partial charge in [-0.3, -0.25) is 0 Å². The fourth-order valence-corrected chi connectivity index (χ4v) is 3.22. The quantitative estimate of drug-likeness (QED) is 0.885. The fourth-order valence-electron chi connectivity index (χ4n) is 2.11. The summed E-state index contributed by atoms with van der Waals surface area (Å²) in [5.41, 5.74) is 1.12. The van der Waals surface area contributed by atoms with Crippen LogP contribution in [-0.4, -0.2) is 31.3 Å². The molecule has 2 rings (SSSR count). The van der Waals surface area contributed by atoms with Crippen molar-refractivity contribution >= 4 is 17.4 Å². The topological polar surface area (TPSA) is 30.5 Å². The minimum atomic E-state index is 0.592. The van der Waals surface area contributed by atoms with Crippen molar-refractivity contribution < 1.29 is 9.47 Å². The number of thioether (sulfide) groups is 1. The molecule has 0 atom stereocenters. The predicted octanol–water partition coefficient (Wildman–Crippen LogP) is 3.40. The van der Waals surface area contributed by atoms with E-state index in [9.17, 15) is 0 Å². The van der Waals surface area contributed by atoms with Crippen molar-refractivity contribution in [3.05, 3.63) is 18.2 Å². The van der Waals surface area contributed by atoms with E-state index >= 15 is 0 Å². The molecule has 0 radical (unpaired) electrons. The lowest BCUT2D eigenvalue weighted by Crippen LogP contribution is -2.24. The molecule has 1 aliphatic heterocycles. The third-order valence-electron chi connectivity index (χ3n) is 3.06. The highest BCUT2D eigenvalue weighted by atomic mass is 32.2. The zero-order chi connectivity index (χ0) is 12.8. The minimum Gasteiger partial charge on any atom is -0.493 e. The second-order valence-corrected chi connectivity index (χ2v) is 5.55. The van der Waals surface area contributed by atoms with E-state index in [1.54, 1.807) is 7.11 Å². The molecule has 1 aromatic rings. The molecule has 1 N–H and O–H groups in total. The van der Waals surface area contributed by atoms with Gasteiger partial charge in [0, 0.05) is 17.8 Å². The fraction of sp³-hybridized carbons (Fsp3) is 0.571. The Balaban J connectivity index is 2.04. The van der Waals surface area contributed by atoms with Gasteiger partial charge in [-0.2, -0.15) is 11.8 Å². The average molecular weight is 267 g/mol. The van der Waals surface area contributed by atoms with Gasteiger partial charge >= 0.3 is 0 Å². The summed E-state index contributed by atoms with van der Waals surface area (Å²) in [7, 11) is 1.68.